The maximum absolute atomic E-state index is 12.5. The molecule has 0 aliphatic heterocycles. The van der Waals surface area contributed by atoms with Crippen molar-refractivity contribution < 1.29 is 37.6 Å². The fourth-order valence-electron chi connectivity index (χ4n) is 6.16. The van der Waals surface area contributed by atoms with Crippen molar-refractivity contribution in [2.45, 2.75) is 219 Å². The number of unbranched alkanes of at least 4 members (excludes halogenated alkanes) is 26. The van der Waals surface area contributed by atoms with Crippen LogP contribution in [0.15, 0.2) is 12.2 Å². The monoisotopic (exact) mass is 760 g/mol. The zero-order chi connectivity index (χ0) is 38.2. The third kappa shape index (κ3) is 38.5. The minimum atomic E-state index is -4.36. The topological polar surface area (TPSA) is 134 Å². The van der Waals surface area contributed by atoms with E-state index in [9.17, 15) is 19.0 Å². The maximum atomic E-state index is 12.5. The number of phosphoric ester groups is 1. The smallest absolute Gasteiger partial charge is 0.462 e. The van der Waals surface area contributed by atoms with Crippen molar-refractivity contribution >= 4 is 19.8 Å². The Labute approximate surface area is 319 Å². The summed E-state index contributed by atoms with van der Waals surface area (Å²) in [4.78, 5) is 34.7. The van der Waals surface area contributed by atoms with E-state index in [4.69, 9.17) is 24.3 Å². The summed E-state index contributed by atoms with van der Waals surface area (Å²) in [5.41, 5.74) is 5.33. The molecule has 308 valence electrons. The summed E-state index contributed by atoms with van der Waals surface area (Å²) in [6, 6.07) is 0. The molecule has 0 heterocycles. The van der Waals surface area contributed by atoms with Crippen molar-refractivity contribution in [2.24, 2.45) is 5.73 Å². The average molecular weight is 760 g/mol. The van der Waals surface area contributed by atoms with Crippen LogP contribution in [0.5, 0.6) is 0 Å². The van der Waals surface area contributed by atoms with Gasteiger partial charge in [0.1, 0.15) is 6.61 Å². The third-order valence-electron chi connectivity index (χ3n) is 9.40. The molecule has 3 N–H and O–H groups in total. The molecule has 0 aliphatic carbocycles. The second-order valence-electron chi connectivity index (χ2n) is 14.6. The lowest BCUT2D eigenvalue weighted by Crippen LogP contribution is -2.29. The number of rotatable bonds is 41. The number of phosphoric acid groups is 1. The Bertz CT molecular complexity index is 871. The van der Waals surface area contributed by atoms with Crippen molar-refractivity contribution in [3.05, 3.63) is 12.2 Å². The molecular weight excluding hydrogens is 677 g/mol. The predicted molar refractivity (Wildman–Crippen MR) is 215 cm³/mol. The van der Waals surface area contributed by atoms with Gasteiger partial charge in [-0.1, -0.05) is 174 Å². The first kappa shape index (κ1) is 50.8. The number of nitrogens with two attached hydrogens (primary N) is 1. The third-order valence-corrected chi connectivity index (χ3v) is 10.4. The van der Waals surface area contributed by atoms with E-state index in [2.05, 4.69) is 26.0 Å². The normalized spacial score (nSPS) is 13.4. The van der Waals surface area contributed by atoms with Gasteiger partial charge in [-0.3, -0.25) is 18.6 Å². The summed E-state index contributed by atoms with van der Waals surface area (Å²) >= 11 is 0. The van der Waals surface area contributed by atoms with Gasteiger partial charge in [0.05, 0.1) is 13.2 Å². The Balaban J connectivity index is 3.98. The largest absolute Gasteiger partial charge is 0.472 e. The van der Waals surface area contributed by atoms with Gasteiger partial charge >= 0.3 is 19.8 Å². The Morgan fingerprint density at radius 2 is 0.942 bits per heavy atom. The highest BCUT2D eigenvalue weighted by Crippen LogP contribution is 2.43. The highest BCUT2D eigenvalue weighted by Gasteiger charge is 2.26. The molecule has 0 aromatic heterocycles. The molecule has 0 radical (unpaired) electrons. The van der Waals surface area contributed by atoms with Gasteiger partial charge in [-0.2, -0.15) is 0 Å². The van der Waals surface area contributed by atoms with Crippen LogP contribution in [0.4, 0.5) is 0 Å². The summed E-state index contributed by atoms with van der Waals surface area (Å²) in [7, 11) is -4.36. The minimum Gasteiger partial charge on any atom is -0.462 e. The first-order valence-corrected chi connectivity index (χ1v) is 23.2. The molecule has 9 nitrogen and oxygen atoms in total. The number of hydrogen-bond acceptors (Lipinski definition) is 8. The first-order chi connectivity index (χ1) is 25.3. The lowest BCUT2D eigenvalue weighted by Gasteiger charge is -2.19. The Hall–Kier alpha value is -1.25. The molecule has 2 atom stereocenters. The van der Waals surface area contributed by atoms with E-state index in [-0.39, 0.29) is 38.6 Å². The van der Waals surface area contributed by atoms with Gasteiger partial charge in [0.25, 0.3) is 0 Å². The minimum absolute atomic E-state index is 0.0560. The van der Waals surface area contributed by atoms with Crippen LogP contribution in [0.2, 0.25) is 0 Å². The van der Waals surface area contributed by atoms with Gasteiger partial charge in [-0.25, -0.2) is 4.57 Å². The van der Waals surface area contributed by atoms with Crippen molar-refractivity contribution in [2.75, 3.05) is 26.4 Å². The number of hydrogen-bond donors (Lipinski definition) is 2. The Kier molecular flexibility index (Phi) is 38.5. The summed E-state index contributed by atoms with van der Waals surface area (Å²) in [5, 5.41) is 0. The van der Waals surface area contributed by atoms with Crippen LogP contribution in [0.3, 0.4) is 0 Å². The van der Waals surface area contributed by atoms with Crippen molar-refractivity contribution in [1.29, 1.82) is 0 Å². The van der Waals surface area contributed by atoms with Crippen molar-refractivity contribution in [1.82, 2.24) is 0 Å². The van der Waals surface area contributed by atoms with Crippen LogP contribution in [0, 0.1) is 0 Å². The molecule has 52 heavy (non-hydrogen) atoms. The van der Waals surface area contributed by atoms with Crippen LogP contribution in [0.25, 0.3) is 0 Å². The van der Waals surface area contributed by atoms with E-state index in [1.165, 1.54) is 148 Å². The van der Waals surface area contributed by atoms with Crippen molar-refractivity contribution in [3.8, 4) is 0 Å². The summed E-state index contributed by atoms with van der Waals surface area (Å²) in [6.07, 6.45) is 39.8. The van der Waals surface area contributed by atoms with E-state index < -0.39 is 26.5 Å². The molecule has 0 saturated carbocycles. The van der Waals surface area contributed by atoms with Gasteiger partial charge < -0.3 is 20.1 Å². The van der Waals surface area contributed by atoms with Gasteiger partial charge in [-0.05, 0) is 38.5 Å². The molecule has 0 saturated heterocycles. The van der Waals surface area contributed by atoms with Crippen LogP contribution >= 0.6 is 7.82 Å². The molecule has 0 rings (SSSR count). The molecule has 0 bridgehead atoms. The molecule has 0 amide bonds. The number of allylic oxidation sites excluding steroid dienone is 2. The van der Waals surface area contributed by atoms with Gasteiger partial charge in [0.15, 0.2) is 6.10 Å². The van der Waals surface area contributed by atoms with Crippen molar-refractivity contribution in [3.63, 3.8) is 0 Å². The van der Waals surface area contributed by atoms with Crippen LogP contribution < -0.4 is 5.73 Å². The molecule has 0 fully saturated rings. The highest BCUT2D eigenvalue weighted by molar-refractivity contribution is 7.47. The van der Waals surface area contributed by atoms with Crippen LogP contribution in [-0.4, -0.2) is 49.3 Å². The molecule has 0 aromatic carbocycles. The standard InChI is InChI=1S/C42H82NO8P/c1-3-5-7-9-11-13-14-15-16-17-18-19-20-21-22-23-24-25-26-27-29-31-33-35-42(45)51-40(39-50-52(46,47)49-37-36-43)38-48-41(44)34-32-30-28-12-10-8-6-4-2/h17-18,40H,3-16,19-39,43H2,1-2H3,(H,46,47)/b18-17-. The lowest BCUT2D eigenvalue weighted by molar-refractivity contribution is -0.161. The summed E-state index contributed by atoms with van der Waals surface area (Å²) in [5.74, 6) is -0.826. The molecule has 0 spiro atoms. The molecule has 0 aromatic rings. The second kappa shape index (κ2) is 39.4. The average Bonchev–Trinajstić information content (AvgIpc) is 3.13. The van der Waals surface area contributed by atoms with Gasteiger partial charge in [-0.15, -0.1) is 0 Å². The van der Waals surface area contributed by atoms with E-state index >= 15 is 0 Å². The van der Waals surface area contributed by atoms with Crippen LogP contribution in [-0.2, 0) is 32.7 Å². The molecule has 10 heteroatoms. The van der Waals surface area contributed by atoms with Crippen LogP contribution in [0.1, 0.15) is 213 Å². The van der Waals surface area contributed by atoms with Gasteiger partial charge in [0, 0.05) is 19.4 Å². The fourth-order valence-corrected chi connectivity index (χ4v) is 6.92. The highest BCUT2D eigenvalue weighted by atomic mass is 31.2. The number of esters is 2. The quantitative estimate of drug-likeness (QED) is 0.0270. The Morgan fingerprint density at radius 3 is 1.37 bits per heavy atom. The maximum Gasteiger partial charge on any atom is 0.472 e. The number of carbonyl (C=O) groups is 2. The Morgan fingerprint density at radius 1 is 0.558 bits per heavy atom. The molecular formula is C42H82NO8P. The fraction of sp³-hybridized carbons (Fsp3) is 0.905. The second-order valence-corrected chi connectivity index (χ2v) is 16.0. The predicted octanol–water partition coefficient (Wildman–Crippen LogP) is 12.2. The molecule has 0 aliphatic rings. The zero-order valence-electron chi connectivity index (χ0n) is 33.8. The van der Waals surface area contributed by atoms with E-state index in [1.807, 2.05) is 0 Å². The molecule has 2 unspecified atom stereocenters. The number of ether oxygens (including phenoxy) is 2. The van der Waals surface area contributed by atoms with Gasteiger partial charge in [0.2, 0.25) is 0 Å². The summed E-state index contributed by atoms with van der Waals surface area (Å²) < 4.78 is 32.7. The lowest BCUT2D eigenvalue weighted by atomic mass is 10.0. The summed E-state index contributed by atoms with van der Waals surface area (Å²) in [6.45, 7) is 3.71. The first-order valence-electron chi connectivity index (χ1n) is 21.7. The van der Waals surface area contributed by atoms with E-state index in [0.29, 0.717) is 6.42 Å². The SMILES string of the molecule is CCCCCCCCCC/C=C\CCCCCCCCCCCCCC(=O)OC(COC(=O)CCCCCCCCCC)COP(=O)(O)OCCN. The van der Waals surface area contributed by atoms with E-state index in [0.717, 1.165) is 32.1 Å². The zero-order valence-corrected chi connectivity index (χ0v) is 34.7. The van der Waals surface area contributed by atoms with E-state index in [1.54, 1.807) is 0 Å². The number of carbonyl (C=O) groups excluding carboxylic acids is 2.